The van der Waals surface area contributed by atoms with Gasteiger partial charge < -0.3 is 14.7 Å². The van der Waals surface area contributed by atoms with E-state index in [1.165, 1.54) is 12.8 Å². The van der Waals surface area contributed by atoms with Crippen LogP contribution in [0.5, 0.6) is 0 Å². The number of ether oxygens (including phenoxy) is 1. The highest BCUT2D eigenvalue weighted by molar-refractivity contribution is 4.74. The molecule has 0 aromatic rings. The fourth-order valence-corrected chi connectivity index (χ4v) is 2.12. The van der Waals surface area contributed by atoms with Crippen molar-refractivity contribution in [1.29, 1.82) is 0 Å². The largest absolute Gasteiger partial charge is 0.392 e. The van der Waals surface area contributed by atoms with Crippen LogP contribution in [0.2, 0.25) is 0 Å². The Morgan fingerprint density at radius 1 is 1.57 bits per heavy atom. The number of aliphatic hydroxyl groups excluding tert-OH is 1. The minimum Gasteiger partial charge on any atom is -0.392 e. The lowest BCUT2D eigenvalue weighted by Gasteiger charge is -2.33. The predicted molar refractivity (Wildman–Crippen MR) is 57.3 cm³/mol. The third-order valence-corrected chi connectivity index (χ3v) is 2.95. The highest BCUT2D eigenvalue weighted by atomic mass is 16.5. The van der Waals surface area contributed by atoms with Crippen molar-refractivity contribution in [2.75, 3.05) is 33.4 Å². The normalized spacial score (nSPS) is 26.4. The first-order valence-corrected chi connectivity index (χ1v) is 5.65. The van der Waals surface area contributed by atoms with E-state index in [0.717, 1.165) is 32.7 Å². The molecule has 0 saturated carbocycles. The standard InChI is InChI=1S/C11H23NO2/c1-3-11(13)8-12-6-4-5-10(7-12)9-14-2/h10-11,13H,3-9H2,1-2H3/t10?,11-/m1/s1. The van der Waals surface area contributed by atoms with E-state index < -0.39 is 0 Å². The summed E-state index contributed by atoms with van der Waals surface area (Å²) in [6.45, 7) is 5.94. The van der Waals surface area contributed by atoms with Gasteiger partial charge in [0.05, 0.1) is 12.7 Å². The number of nitrogens with zero attached hydrogens (tertiary/aromatic N) is 1. The van der Waals surface area contributed by atoms with Crippen molar-refractivity contribution in [2.24, 2.45) is 5.92 Å². The van der Waals surface area contributed by atoms with Crippen LogP contribution in [-0.2, 0) is 4.74 Å². The van der Waals surface area contributed by atoms with E-state index in [2.05, 4.69) is 4.90 Å². The molecule has 14 heavy (non-hydrogen) atoms. The van der Waals surface area contributed by atoms with E-state index in [0.29, 0.717) is 5.92 Å². The van der Waals surface area contributed by atoms with E-state index in [1.807, 2.05) is 6.92 Å². The van der Waals surface area contributed by atoms with Gasteiger partial charge in [-0.3, -0.25) is 0 Å². The van der Waals surface area contributed by atoms with Gasteiger partial charge in [-0.15, -0.1) is 0 Å². The molecule has 84 valence electrons. The SMILES string of the molecule is CC[C@@H](O)CN1CCCC(COC)C1. The van der Waals surface area contributed by atoms with Crippen LogP contribution in [0.4, 0.5) is 0 Å². The topological polar surface area (TPSA) is 32.7 Å². The van der Waals surface area contributed by atoms with Crippen LogP contribution in [0, 0.1) is 5.92 Å². The number of hydrogen-bond acceptors (Lipinski definition) is 3. The predicted octanol–water partition coefficient (Wildman–Crippen LogP) is 1.12. The Balaban J connectivity index is 2.25. The lowest BCUT2D eigenvalue weighted by Crippen LogP contribution is -2.41. The van der Waals surface area contributed by atoms with Gasteiger partial charge in [0.2, 0.25) is 0 Å². The lowest BCUT2D eigenvalue weighted by atomic mass is 9.98. The lowest BCUT2D eigenvalue weighted by molar-refractivity contribution is 0.0554. The Hall–Kier alpha value is -0.120. The summed E-state index contributed by atoms with van der Waals surface area (Å²) in [5.41, 5.74) is 0. The maximum Gasteiger partial charge on any atom is 0.0664 e. The van der Waals surface area contributed by atoms with Gasteiger partial charge in [-0.05, 0) is 31.7 Å². The summed E-state index contributed by atoms with van der Waals surface area (Å²) in [5.74, 6) is 0.665. The summed E-state index contributed by atoms with van der Waals surface area (Å²) >= 11 is 0. The van der Waals surface area contributed by atoms with Crippen molar-refractivity contribution in [2.45, 2.75) is 32.3 Å². The zero-order chi connectivity index (χ0) is 10.4. The first-order chi connectivity index (χ1) is 6.76. The minimum atomic E-state index is -0.156. The van der Waals surface area contributed by atoms with Crippen LogP contribution in [0.1, 0.15) is 26.2 Å². The molecule has 0 amide bonds. The van der Waals surface area contributed by atoms with Crippen LogP contribution in [-0.4, -0.2) is 49.5 Å². The van der Waals surface area contributed by atoms with E-state index in [4.69, 9.17) is 4.74 Å². The summed E-state index contributed by atoms with van der Waals surface area (Å²) in [6.07, 6.45) is 3.21. The molecule has 1 aliphatic heterocycles. The molecule has 0 aromatic heterocycles. The molecule has 1 fully saturated rings. The fraction of sp³-hybridized carbons (Fsp3) is 1.00. The monoisotopic (exact) mass is 201 g/mol. The number of methoxy groups -OCH3 is 1. The summed E-state index contributed by atoms with van der Waals surface area (Å²) < 4.78 is 5.17. The van der Waals surface area contributed by atoms with Gasteiger partial charge in [0.25, 0.3) is 0 Å². The molecular formula is C11H23NO2. The van der Waals surface area contributed by atoms with E-state index in [9.17, 15) is 5.11 Å². The second kappa shape index (κ2) is 6.38. The first kappa shape index (κ1) is 12.0. The molecule has 1 rings (SSSR count). The summed E-state index contributed by atoms with van der Waals surface area (Å²) in [7, 11) is 1.76. The molecule has 3 heteroatoms. The molecule has 1 saturated heterocycles. The molecule has 0 aromatic carbocycles. The van der Waals surface area contributed by atoms with E-state index in [-0.39, 0.29) is 6.10 Å². The van der Waals surface area contributed by atoms with Crippen molar-refractivity contribution < 1.29 is 9.84 Å². The van der Waals surface area contributed by atoms with Crippen molar-refractivity contribution in [3.05, 3.63) is 0 Å². The average Bonchev–Trinajstić information content (AvgIpc) is 2.19. The molecule has 1 N–H and O–H groups in total. The minimum absolute atomic E-state index is 0.156. The van der Waals surface area contributed by atoms with Gasteiger partial charge in [0.15, 0.2) is 0 Å². The number of aliphatic hydroxyl groups is 1. The maximum atomic E-state index is 9.55. The Labute approximate surface area is 87.1 Å². The summed E-state index contributed by atoms with van der Waals surface area (Å²) in [4.78, 5) is 2.36. The summed E-state index contributed by atoms with van der Waals surface area (Å²) in [6, 6.07) is 0. The first-order valence-electron chi connectivity index (χ1n) is 5.65. The third-order valence-electron chi connectivity index (χ3n) is 2.95. The number of piperidine rings is 1. The van der Waals surface area contributed by atoms with Crippen LogP contribution < -0.4 is 0 Å². The Kier molecular flexibility index (Phi) is 5.45. The highest BCUT2D eigenvalue weighted by Gasteiger charge is 2.20. The molecule has 1 unspecified atom stereocenters. The Morgan fingerprint density at radius 3 is 3.00 bits per heavy atom. The second-order valence-electron chi connectivity index (χ2n) is 4.29. The molecule has 1 heterocycles. The molecular weight excluding hydrogens is 178 g/mol. The van der Waals surface area contributed by atoms with Gasteiger partial charge in [-0.2, -0.15) is 0 Å². The van der Waals surface area contributed by atoms with Gasteiger partial charge >= 0.3 is 0 Å². The van der Waals surface area contributed by atoms with Gasteiger partial charge in [0.1, 0.15) is 0 Å². The number of β-amino-alcohol motifs (C(OH)–C–C–N with tert-alkyl or cyclic N) is 1. The van der Waals surface area contributed by atoms with Crippen molar-refractivity contribution in [3.8, 4) is 0 Å². The summed E-state index contributed by atoms with van der Waals surface area (Å²) in [5, 5.41) is 9.55. The smallest absolute Gasteiger partial charge is 0.0664 e. The number of hydrogen-bond donors (Lipinski definition) is 1. The molecule has 0 aliphatic carbocycles. The fourth-order valence-electron chi connectivity index (χ4n) is 2.12. The van der Waals surface area contributed by atoms with Crippen LogP contribution in [0.25, 0.3) is 0 Å². The zero-order valence-corrected chi connectivity index (χ0v) is 9.41. The van der Waals surface area contributed by atoms with Crippen LogP contribution >= 0.6 is 0 Å². The highest BCUT2D eigenvalue weighted by Crippen LogP contribution is 2.16. The van der Waals surface area contributed by atoms with Gasteiger partial charge in [-0.1, -0.05) is 6.92 Å². The molecule has 2 atom stereocenters. The van der Waals surface area contributed by atoms with Crippen LogP contribution in [0.15, 0.2) is 0 Å². The van der Waals surface area contributed by atoms with Gasteiger partial charge in [0, 0.05) is 20.2 Å². The Morgan fingerprint density at radius 2 is 2.36 bits per heavy atom. The molecule has 0 radical (unpaired) electrons. The Bertz CT molecular complexity index is 150. The maximum absolute atomic E-state index is 9.55. The van der Waals surface area contributed by atoms with Gasteiger partial charge in [-0.25, -0.2) is 0 Å². The molecule has 3 nitrogen and oxygen atoms in total. The van der Waals surface area contributed by atoms with Crippen molar-refractivity contribution in [3.63, 3.8) is 0 Å². The third kappa shape index (κ3) is 3.95. The number of rotatable bonds is 5. The van der Waals surface area contributed by atoms with Crippen molar-refractivity contribution in [1.82, 2.24) is 4.90 Å². The molecule has 0 spiro atoms. The van der Waals surface area contributed by atoms with E-state index in [1.54, 1.807) is 7.11 Å². The molecule has 1 aliphatic rings. The van der Waals surface area contributed by atoms with Crippen LogP contribution in [0.3, 0.4) is 0 Å². The zero-order valence-electron chi connectivity index (χ0n) is 9.41. The quantitative estimate of drug-likeness (QED) is 0.723. The molecule has 0 bridgehead atoms. The van der Waals surface area contributed by atoms with Crippen molar-refractivity contribution >= 4 is 0 Å². The van der Waals surface area contributed by atoms with E-state index >= 15 is 0 Å². The second-order valence-corrected chi connectivity index (χ2v) is 4.29. The average molecular weight is 201 g/mol. The number of likely N-dealkylation sites (tertiary alicyclic amines) is 1.